The molecule has 0 aliphatic heterocycles. The van der Waals surface area contributed by atoms with E-state index in [0.29, 0.717) is 0 Å². The van der Waals surface area contributed by atoms with Crippen LogP contribution in [0.5, 0.6) is 0 Å². The zero-order valence-corrected chi connectivity index (χ0v) is 5.90. The number of carbonyl (C=O) groups excluding carboxylic acids is 1. The fourth-order valence-electron chi connectivity index (χ4n) is 0. The Morgan fingerprint density at radius 1 is 1.25 bits per heavy atom. The van der Waals surface area contributed by atoms with Crippen molar-refractivity contribution < 1.29 is 4.79 Å². The van der Waals surface area contributed by atoms with E-state index in [0.717, 1.165) is 6.29 Å². The molecule has 0 N–H and O–H groups in total. The Labute approximate surface area is 51.4 Å². The van der Waals surface area contributed by atoms with Crippen LogP contribution in [0.15, 0.2) is 13.2 Å². The average molecular weight is 114 g/mol. The number of carbonyl (C=O) groups is 1. The first-order valence-electron chi connectivity index (χ1n) is 2.52. The van der Waals surface area contributed by atoms with Gasteiger partial charge in [0.1, 0.15) is 6.29 Å². The summed E-state index contributed by atoms with van der Waals surface area (Å²) in [6.07, 6.45) is 0.938. The van der Waals surface area contributed by atoms with Gasteiger partial charge >= 0.3 is 0 Å². The van der Waals surface area contributed by atoms with Crippen LogP contribution in [-0.2, 0) is 4.79 Å². The molecule has 0 aromatic carbocycles. The molecular weight excluding hydrogens is 100 g/mol. The van der Waals surface area contributed by atoms with Crippen molar-refractivity contribution in [2.45, 2.75) is 20.8 Å². The third kappa shape index (κ3) is 18.1. The van der Waals surface area contributed by atoms with Crippen molar-refractivity contribution in [2.24, 2.45) is 5.41 Å². The van der Waals surface area contributed by atoms with Gasteiger partial charge in [-0.2, -0.15) is 0 Å². The first kappa shape index (κ1) is 10.4. The molecule has 0 aliphatic carbocycles. The van der Waals surface area contributed by atoms with E-state index in [-0.39, 0.29) is 5.41 Å². The van der Waals surface area contributed by atoms with Crippen molar-refractivity contribution in [3.63, 3.8) is 0 Å². The third-order valence-corrected chi connectivity index (χ3v) is 0.354. The molecule has 0 aromatic rings. The topological polar surface area (TPSA) is 17.1 Å². The lowest BCUT2D eigenvalue weighted by Crippen LogP contribution is -2.04. The van der Waals surface area contributed by atoms with Crippen LogP contribution in [0.25, 0.3) is 0 Å². The van der Waals surface area contributed by atoms with E-state index in [9.17, 15) is 4.79 Å². The number of aldehydes is 1. The molecule has 1 heteroatoms. The summed E-state index contributed by atoms with van der Waals surface area (Å²) in [6, 6.07) is 0. The number of hydrogen-bond acceptors (Lipinski definition) is 1. The highest BCUT2D eigenvalue weighted by atomic mass is 16.1. The Kier molecular flexibility index (Phi) is 5.94. The maximum Gasteiger partial charge on any atom is 0.125 e. The second-order valence-corrected chi connectivity index (χ2v) is 2.48. The second-order valence-electron chi connectivity index (χ2n) is 2.48. The molecule has 0 spiro atoms. The zero-order valence-electron chi connectivity index (χ0n) is 5.90. The number of hydrogen-bond donors (Lipinski definition) is 0. The fourth-order valence-corrected chi connectivity index (χ4v) is 0. The predicted molar refractivity (Wildman–Crippen MR) is 36.8 cm³/mol. The van der Waals surface area contributed by atoms with Gasteiger partial charge < -0.3 is 4.79 Å². The molecule has 0 unspecified atom stereocenters. The summed E-state index contributed by atoms with van der Waals surface area (Å²) < 4.78 is 0. The van der Waals surface area contributed by atoms with Crippen LogP contribution < -0.4 is 0 Å². The molecule has 0 saturated carbocycles. The van der Waals surface area contributed by atoms with Crippen LogP contribution in [0.4, 0.5) is 0 Å². The van der Waals surface area contributed by atoms with Gasteiger partial charge in [-0.1, -0.05) is 20.8 Å². The molecule has 0 atom stereocenters. The molecule has 0 radical (unpaired) electrons. The van der Waals surface area contributed by atoms with Gasteiger partial charge in [-0.05, 0) is 0 Å². The summed E-state index contributed by atoms with van der Waals surface area (Å²) in [5.41, 5.74) is -0.139. The maximum atomic E-state index is 9.83. The van der Waals surface area contributed by atoms with Crippen molar-refractivity contribution >= 4 is 6.29 Å². The van der Waals surface area contributed by atoms with Gasteiger partial charge in [0.15, 0.2) is 0 Å². The van der Waals surface area contributed by atoms with Crippen molar-refractivity contribution in [3.8, 4) is 0 Å². The molecule has 1 nitrogen and oxygen atoms in total. The molecule has 0 aromatic heterocycles. The molecule has 0 rings (SSSR count). The molecule has 0 saturated heterocycles. The van der Waals surface area contributed by atoms with Crippen LogP contribution in [0, 0.1) is 5.41 Å². The zero-order chi connectivity index (χ0) is 7.21. The maximum absolute atomic E-state index is 9.83. The molecular formula is C7H14O. The van der Waals surface area contributed by atoms with E-state index in [1.165, 1.54) is 0 Å². The van der Waals surface area contributed by atoms with E-state index in [1.54, 1.807) is 0 Å². The number of rotatable bonds is 0. The van der Waals surface area contributed by atoms with Gasteiger partial charge in [-0.15, -0.1) is 13.2 Å². The van der Waals surface area contributed by atoms with E-state index < -0.39 is 0 Å². The lowest BCUT2D eigenvalue weighted by atomic mass is 10.0. The van der Waals surface area contributed by atoms with Crippen LogP contribution >= 0.6 is 0 Å². The summed E-state index contributed by atoms with van der Waals surface area (Å²) in [4.78, 5) is 9.83. The van der Waals surface area contributed by atoms with E-state index in [1.807, 2.05) is 20.8 Å². The monoisotopic (exact) mass is 114 g/mol. The summed E-state index contributed by atoms with van der Waals surface area (Å²) in [6.45, 7) is 11.6. The Bertz CT molecular complexity index is 59.3. The fraction of sp³-hybridized carbons (Fsp3) is 0.571. The Morgan fingerprint density at radius 2 is 1.38 bits per heavy atom. The molecule has 0 fully saturated rings. The highest BCUT2D eigenvalue weighted by Crippen LogP contribution is 2.05. The molecule has 0 amide bonds. The van der Waals surface area contributed by atoms with E-state index >= 15 is 0 Å². The normalized spacial score (nSPS) is 8.88. The minimum atomic E-state index is -0.139. The highest BCUT2D eigenvalue weighted by Gasteiger charge is 2.04. The molecule has 0 bridgehead atoms. The smallest absolute Gasteiger partial charge is 0.125 e. The minimum absolute atomic E-state index is 0.139. The van der Waals surface area contributed by atoms with E-state index in [4.69, 9.17) is 0 Å². The van der Waals surface area contributed by atoms with Crippen LogP contribution in [0.2, 0.25) is 0 Å². The van der Waals surface area contributed by atoms with Gasteiger partial charge in [0.2, 0.25) is 0 Å². The SMILES string of the molecule is C=C.CC(C)(C)C=O. The Hall–Kier alpha value is -0.590. The molecule has 0 heterocycles. The van der Waals surface area contributed by atoms with Crippen molar-refractivity contribution in [1.82, 2.24) is 0 Å². The molecule has 48 valence electrons. The molecule has 8 heavy (non-hydrogen) atoms. The van der Waals surface area contributed by atoms with Gasteiger partial charge in [0, 0.05) is 5.41 Å². The highest BCUT2D eigenvalue weighted by molar-refractivity contribution is 5.56. The third-order valence-electron chi connectivity index (χ3n) is 0.354. The average Bonchev–Trinajstić information content (AvgIpc) is 1.71. The van der Waals surface area contributed by atoms with Crippen molar-refractivity contribution in [1.29, 1.82) is 0 Å². The van der Waals surface area contributed by atoms with Gasteiger partial charge in [-0.3, -0.25) is 0 Å². The van der Waals surface area contributed by atoms with Crippen molar-refractivity contribution in [3.05, 3.63) is 13.2 Å². The predicted octanol–water partition coefficient (Wildman–Crippen LogP) is 2.03. The Morgan fingerprint density at radius 3 is 1.38 bits per heavy atom. The lowest BCUT2D eigenvalue weighted by Gasteiger charge is -2.03. The van der Waals surface area contributed by atoms with Crippen molar-refractivity contribution in [2.75, 3.05) is 0 Å². The summed E-state index contributed by atoms with van der Waals surface area (Å²) in [5, 5.41) is 0. The summed E-state index contributed by atoms with van der Waals surface area (Å²) in [5.74, 6) is 0. The quantitative estimate of drug-likeness (QED) is 0.348. The van der Waals surface area contributed by atoms with Crippen LogP contribution in [-0.4, -0.2) is 6.29 Å². The van der Waals surface area contributed by atoms with Crippen LogP contribution in [0.3, 0.4) is 0 Å². The lowest BCUT2D eigenvalue weighted by molar-refractivity contribution is -0.113. The second kappa shape index (κ2) is 4.57. The first-order valence-corrected chi connectivity index (χ1v) is 2.52. The Balaban J connectivity index is 0. The summed E-state index contributed by atoms with van der Waals surface area (Å²) >= 11 is 0. The van der Waals surface area contributed by atoms with E-state index in [2.05, 4.69) is 13.2 Å². The van der Waals surface area contributed by atoms with Gasteiger partial charge in [-0.25, -0.2) is 0 Å². The van der Waals surface area contributed by atoms with Gasteiger partial charge in [0.25, 0.3) is 0 Å². The van der Waals surface area contributed by atoms with Crippen LogP contribution in [0.1, 0.15) is 20.8 Å². The standard InChI is InChI=1S/C5H10O.C2H4/c1-5(2,3)4-6;1-2/h4H,1-3H3;1-2H2. The minimum Gasteiger partial charge on any atom is -0.303 e. The first-order chi connectivity index (χ1) is 3.56. The molecule has 0 aliphatic rings. The summed E-state index contributed by atoms with van der Waals surface area (Å²) in [7, 11) is 0. The largest absolute Gasteiger partial charge is 0.303 e. The van der Waals surface area contributed by atoms with Gasteiger partial charge in [0.05, 0.1) is 0 Å².